The quantitative estimate of drug-likeness (QED) is 0.288. The largest absolute Gasteiger partial charge is 0.508 e. The molecule has 3 aromatic rings. The SMILES string of the molecule is Cc1c(Oc2cc3c(cc2C(C)C)C=CC2C(C)(C)CCC[C@]32C)cc2cc(C(C)C)c(O)cc2c1CCC(=O)C(C)C. The Balaban J connectivity index is 1.67. The molecule has 230 valence electrons. The highest BCUT2D eigenvalue weighted by Crippen LogP contribution is 2.57. The van der Waals surface area contributed by atoms with Crippen LogP contribution in [0.4, 0.5) is 0 Å². The van der Waals surface area contributed by atoms with Crippen molar-refractivity contribution in [3.05, 3.63) is 69.8 Å². The summed E-state index contributed by atoms with van der Waals surface area (Å²) >= 11 is 0. The Morgan fingerprint density at radius 1 is 0.930 bits per heavy atom. The minimum atomic E-state index is 0.0000462. The molecular formula is C40H52O3. The molecule has 3 heteroatoms. The lowest BCUT2D eigenvalue weighted by atomic mass is 9.52. The van der Waals surface area contributed by atoms with Crippen molar-refractivity contribution in [3.63, 3.8) is 0 Å². The number of ketones is 1. The van der Waals surface area contributed by atoms with Crippen molar-refractivity contribution in [2.24, 2.45) is 17.3 Å². The van der Waals surface area contributed by atoms with Gasteiger partial charge in [-0.05, 0) is 129 Å². The van der Waals surface area contributed by atoms with Crippen molar-refractivity contribution in [1.82, 2.24) is 0 Å². The zero-order chi connectivity index (χ0) is 31.4. The van der Waals surface area contributed by atoms with Crippen LogP contribution in [0.25, 0.3) is 16.8 Å². The molecule has 1 saturated carbocycles. The normalized spacial score (nSPS) is 21.0. The Kier molecular flexibility index (Phi) is 8.35. The molecule has 0 heterocycles. The highest BCUT2D eigenvalue weighted by atomic mass is 16.5. The van der Waals surface area contributed by atoms with Crippen LogP contribution >= 0.6 is 0 Å². The molecule has 0 amide bonds. The molecule has 0 radical (unpaired) electrons. The number of aryl methyl sites for hydroxylation is 1. The van der Waals surface area contributed by atoms with Crippen molar-refractivity contribution in [1.29, 1.82) is 0 Å². The molecule has 2 aliphatic rings. The van der Waals surface area contributed by atoms with Gasteiger partial charge in [-0.15, -0.1) is 0 Å². The second-order valence-electron chi connectivity index (χ2n) is 15.2. The summed E-state index contributed by atoms with van der Waals surface area (Å²) in [5, 5.41) is 13.0. The van der Waals surface area contributed by atoms with Gasteiger partial charge in [-0.25, -0.2) is 0 Å². The highest BCUT2D eigenvalue weighted by molar-refractivity contribution is 5.91. The summed E-state index contributed by atoms with van der Waals surface area (Å²) in [7, 11) is 0. The van der Waals surface area contributed by atoms with Crippen LogP contribution < -0.4 is 4.74 Å². The fourth-order valence-corrected chi connectivity index (χ4v) is 8.00. The van der Waals surface area contributed by atoms with E-state index in [4.69, 9.17) is 4.74 Å². The zero-order valence-electron chi connectivity index (χ0n) is 28.2. The molecule has 0 bridgehead atoms. The fraction of sp³-hybridized carbons (Fsp3) is 0.525. The lowest BCUT2D eigenvalue weighted by Crippen LogP contribution is -2.45. The van der Waals surface area contributed by atoms with Crippen LogP contribution in [0.5, 0.6) is 17.2 Å². The minimum Gasteiger partial charge on any atom is -0.508 e. The van der Waals surface area contributed by atoms with Crippen LogP contribution in [-0.4, -0.2) is 10.9 Å². The number of hydrogen-bond acceptors (Lipinski definition) is 3. The maximum Gasteiger partial charge on any atom is 0.135 e. The van der Waals surface area contributed by atoms with E-state index in [1.807, 2.05) is 19.9 Å². The van der Waals surface area contributed by atoms with E-state index >= 15 is 0 Å². The molecule has 0 aromatic heterocycles. The third-order valence-electron chi connectivity index (χ3n) is 10.7. The van der Waals surface area contributed by atoms with Gasteiger partial charge in [-0.3, -0.25) is 4.79 Å². The number of benzene rings is 3. The van der Waals surface area contributed by atoms with E-state index in [0.717, 1.165) is 39.0 Å². The summed E-state index contributed by atoms with van der Waals surface area (Å²) in [5.74, 6) is 3.32. The summed E-state index contributed by atoms with van der Waals surface area (Å²) < 4.78 is 7.01. The van der Waals surface area contributed by atoms with Gasteiger partial charge in [0, 0.05) is 12.3 Å². The number of Topliss-reactive ketones (excluding diaryl/α,β-unsaturated/α-hetero) is 1. The van der Waals surface area contributed by atoms with E-state index < -0.39 is 0 Å². The van der Waals surface area contributed by atoms with Gasteiger partial charge in [0.1, 0.15) is 23.0 Å². The molecular weight excluding hydrogens is 528 g/mol. The Morgan fingerprint density at radius 2 is 1.63 bits per heavy atom. The van der Waals surface area contributed by atoms with Gasteiger partial charge in [-0.1, -0.05) is 80.9 Å². The van der Waals surface area contributed by atoms with Gasteiger partial charge in [0.05, 0.1) is 0 Å². The van der Waals surface area contributed by atoms with E-state index in [9.17, 15) is 9.90 Å². The molecule has 43 heavy (non-hydrogen) atoms. The van der Waals surface area contributed by atoms with Gasteiger partial charge in [0.2, 0.25) is 0 Å². The Hall–Kier alpha value is -3.07. The first-order valence-electron chi connectivity index (χ1n) is 16.5. The minimum absolute atomic E-state index is 0.0000462. The topological polar surface area (TPSA) is 46.5 Å². The zero-order valence-corrected chi connectivity index (χ0v) is 28.2. The summed E-state index contributed by atoms with van der Waals surface area (Å²) in [6, 6.07) is 10.9. The molecule has 0 spiro atoms. The monoisotopic (exact) mass is 580 g/mol. The van der Waals surface area contributed by atoms with E-state index in [-0.39, 0.29) is 28.4 Å². The first kappa shape index (κ1) is 31.4. The highest BCUT2D eigenvalue weighted by Gasteiger charge is 2.48. The van der Waals surface area contributed by atoms with Crippen LogP contribution in [0.15, 0.2) is 36.4 Å². The van der Waals surface area contributed by atoms with Gasteiger partial charge >= 0.3 is 0 Å². The third kappa shape index (κ3) is 5.65. The third-order valence-corrected chi connectivity index (χ3v) is 10.7. The smallest absolute Gasteiger partial charge is 0.135 e. The number of fused-ring (bicyclic) bond motifs is 4. The van der Waals surface area contributed by atoms with Gasteiger partial charge in [0.15, 0.2) is 0 Å². The molecule has 3 aromatic carbocycles. The first-order chi connectivity index (χ1) is 20.1. The van der Waals surface area contributed by atoms with Crippen LogP contribution in [-0.2, 0) is 16.6 Å². The van der Waals surface area contributed by atoms with Gasteiger partial charge < -0.3 is 9.84 Å². The lowest BCUT2D eigenvalue weighted by Gasteiger charge is -2.52. The van der Waals surface area contributed by atoms with E-state index in [1.165, 1.54) is 36.0 Å². The number of carbonyl (C=O) groups is 1. The van der Waals surface area contributed by atoms with Crippen LogP contribution in [0.2, 0.25) is 0 Å². The van der Waals surface area contributed by atoms with Gasteiger partial charge in [-0.2, -0.15) is 0 Å². The van der Waals surface area contributed by atoms with Crippen molar-refractivity contribution in [3.8, 4) is 17.2 Å². The van der Waals surface area contributed by atoms with Crippen molar-refractivity contribution in [2.45, 2.75) is 119 Å². The number of aromatic hydroxyl groups is 1. The Bertz CT molecular complexity index is 1590. The maximum atomic E-state index is 12.7. The number of carbonyl (C=O) groups excluding carboxylic acids is 1. The van der Waals surface area contributed by atoms with E-state index in [0.29, 0.717) is 30.4 Å². The summed E-state index contributed by atoms with van der Waals surface area (Å²) in [5.41, 5.74) is 7.32. The fourth-order valence-electron chi connectivity index (χ4n) is 8.00. The Morgan fingerprint density at radius 3 is 2.28 bits per heavy atom. The number of allylic oxidation sites excluding steroid dienone is 1. The molecule has 1 N–H and O–H groups in total. The number of hydrogen-bond donors (Lipinski definition) is 1. The van der Waals surface area contributed by atoms with Gasteiger partial charge in [0.25, 0.3) is 0 Å². The summed E-state index contributed by atoms with van der Waals surface area (Å²) in [4.78, 5) is 12.7. The predicted octanol–water partition coefficient (Wildman–Crippen LogP) is 11.2. The number of phenols is 1. The standard InChI is InChI=1S/C40H52O3/c1-23(2)30-19-28-20-36(26(7)29(32(28)21-35(30)42)13-14-34(41)25(5)6)43-37-22-33-27(18-31(37)24(3)4)12-15-38-39(8,9)16-11-17-40(33,38)10/h12,15,18-25,38,42H,11,13-14,16-17H2,1-10H3/t38?,40-/m1/s1. The van der Waals surface area contributed by atoms with Crippen LogP contribution in [0.3, 0.4) is 0 Å². The predicted molar refractivity (Wildman–Crippen MR) is 181 cm³/mol. The van der Waals surface area contributed by atoms with Crippen LogP contribution in [0.1, 0.15) is 133 Å². The molecule has 2 atom stereocenters. The second-order valence-corrected chi connectivity index (χ2v) is 15.2. The van der Waals surface area contributed by atoms with Crippen molar-refractivity contribution in [2.75, 3.05) is 0 Å². The molecule has 3 nitrogen and oxygen atoms in total. The second kappa shape index (κ2) is 11.5. The van der Waals surface area contributed by atoms with E-state index in [1.54, 1.807) is 0 Å². The number of phenolic OH excluding ortho intramolecular Hbond substituents is 1. The molecule has 2 aliphatic carbocycles. The molecule has 5 rings (SSSR count). The first-order valence-corrected chi connectivity index (χ1v) is 16.5. The summed E-state index contributed by atoms with van der Waals surface area (Å²) in [6.07, 6.45) is 9.61. The molecule has 1 unspecified atom stereocenters. The van der Waals surface area contributed by atoms with Crippen LogP contribution in [0, 0.1) is 24.2 Å². The number of ether oxygens (including phenoxy) is 1. The average Bonchev–Trinajstić information content (AvgIpc) is 2.92. The average molecular weight is 581 g/mol. The lowest BCUT2D eigenvalue weighted by molar-refractivity contribution is -0.121. The molecule has 0 aliphatic heterocycles. The Labute approximate surface area is 259 Å². The van der Waals surface area contributed by atoms with E-state index in [2.05, 4.69) is 91.8 Å². The maximum absolute atomic E-state index is 12.7. The summed E-state index contributed by atoms with van der Waals surface area (Å²) in [6.45, 7) is 22.0. The molecule has 1 fully saturated rings. The molecule has 0 saturated heterocycles. The van der Waals surface area contributed by atoms with Crippen molar-refractivity contribution < 1.29 is 14.6 Å². The number of rotatable bonds is 8. The van der Waals surface area contributed by atoms with Crippen molar-refractivity contribution >= 4 is 22.6 Å².